The summed E-state index contributed by atoms with van der Waals surface area (Å²) in [7, 11) is 5.37. The van der Waals surface area contributed by atoms with Crippen LogP contribution < -0.4 is 10.2 Å². The number of benzene rings is 6. The highest BCUT2D eigenvalue weighted by atomic mass is 35.5. The number of carbonyl (C=O) groups is 5. The van der Waals surface area contributed by atoms with E-state index in [4.69, 9.17) is 14.2 Å². The number of likely N-dealkylation sites (tertiary alicyclic amines) is 2. The van der Waals surface area contributed by atoms with Crippen molar-refractivity contribution in [2.45, 2.75) is 113 Å². The number of likely N-dealkylation sites (N-methyl/N-ethyl adjacent to an activating group) is 2. The molecule has 1 N–H and O–H groups in total. The van der Waals surface area contributed by atoms with Crippen LogP contribution in [-0.2, 0) is 60.0 Å². The molecule has 4 heterocycles. The highest BCUT2D eigenvalue weighted by Gasteiger charge is 2.50. The Hall–Kier alpha value is -7.51. The number of piperidine rings is 2. The molecule has 26 heteroatoms. The molecule has 6 aromatic carbocycles. The number of unbranched alkanes of at least 4 members (excludes halogenated alkanes) is 2. The second-order valence-corrected chi connectivity index (χ2v) is 27.1. The highest BCUT2D eigenvalue weighted by molar-refractivity contribution is 5.96. The van der Waals surface area contributed by atoms with Crippen LogP contribution in [0.1, 0.15) is 118 Å². The maximum atomic E-state index is 14.3. The molecular weight excluding hydrogens is 1390 g/mol. The van der Waals surface area contributed by atoms with E-state index in [1.807, 2.05) is 96.9 Å². The minimum Gasteiger partial charge on any atom is -0.446 e. The van der Waals surface area contributed by atoms with Crippen LogP contribution in [0.15, 0.2) is 140 Å². The van der Waals surface area contributed by atoms with Gasteiger partial charge in [0.25, 0.3) is 11.8 Å². The summed E-state index contributed by atoms with van der Waals surface area (Å²) >= 11 is 0. The highest BCUT2D eigenvalue weighted by Crippen LogP contribution is 2.49. The van der Waals surface area contributed by atoms with Crippen molar-refractivity contribution >= 4 is 78.3 Å². The van der Waals surface area contributed by atoms with Gasteiger partial charge in [-0.1, -0.05) is 91.3 Å². The first-order valence-electron chi connectivity index (χ1n) is 34.3. The van der Waals surface area contributed by atoms with E-state index >= 15 is 0 Å². The number of halogens is 10. The lowest BCUT2D eigenvalue weighted by atomic mass is 9.72. The van der Waals surface area contributed by atoms with E-state index in [9.17, 15) is 54.7 Å². The van der Waals surface area contributed by atoms with Crippen molar-refractivity contribution in [1.29, 1.82) is 0 Å². The molecule has 5 amide bonds. The summed E-state index contributed by atoms with van der Waals surface area (Å²) in [6.07, 6.45) is -2.99. The minimum absolute atomic E-state index is 0. The van der Waals surface area contributed by atoms with Crippen LogP contribution in [0.2, 0.25) is 0 Å². The van der Waals surface area contributed by atoms with Crippen molar-refractivity contribution in [3.8, 4) is 11.1 Å². The van der Waals surface area contributed by atoms with Gasteiger partial charge in [0.15, 0.2) is 0 Å². The Morgan fingerprint density at radius 3 is 1.98 bits per heavy atom. The Balaban J connectivity index is 0.00000440. The Morgan fingerprint density at radius 2 is 1.27 bits per heavy atom. The molecule has 102 heavy (non-hydrogen) atoms. The van der Waals surface area contributed by atoms with Gasteiger partial charge >= 0.3 is 18.4 Å². The fourth-order valence-corrected chi connectivity index (χ4v) is 14.8. The maximum Gasteiger partial charge on any atom is 0.416 e. The van der Waals surface area contributed by atoms with E-state index in [1.165, 1.54) is 29.8 Å². The number of nitrogens with zero attached hydrogens (tertiary/aromatic N) is 7. The SMILES string of the molecule is CN(CCN1CCC(OC(=O)Nc2ccccc2-c2ccccc2)CC1)C(=O)CCCCCN1CCc2cc(C(=O)N(C)CCCN(C)C(=O)CO[C@H]3Cc4ccccc4C34CCN(CC[C@@]3(c5ccc(F)cc5)CN(C(=O)c5cc(C(F)(F)F)cc(C(F)(F)F)c5)CO3)CC4)ccc21.Cl.Cl.Cl. The normalized spacial score (nSPS) is 18.1. The largest absolute Gasteiger partial charge is 0.446 e. The van der Waals surface area contributed by atoms with Crippen LogP contribution in [0.5, 0.6) is 0 Å². The smallest absolute Gasteiger partial charge is 0.416 e. The number of ether oxygens (including phenoxy) is 3. The standard InChI is InChI=1S/C76H87F7N8O8.3ClH/c1-85(34-14-35-87(3)70(94)56-22-27-66-55(45-56)28-39-90(66)36-13-5-8-21-68(92)86(2)43-44-88-37-29-62(30-38-88)99-72(96)84-65-20-12-10-18-63(65)53-15-6-4-7-16-53)69(93)50-97-67-48-54-17-9-11-19-64(54)73(67)31-40-89(41-32-73)42-33-74(58-23-25-61(77)26-24-58)51-91(52-98-74)71(95)57-46-59(75(78,79)80)49-60(47-57)76(81,82)83;;;/h4,6-7,9-12,15-20,22-27,45-47,49,62,67H,5,8,13-14,21,28-44,48,50-52H2,1-3H3,(H,84,96);3*1H/t67-,74-;;;/m0.../s1. The van der Waals surface area contributed by atoms with Crippen LogP contribution in [0.3, 0.4) is 0 Å². The molecular formula is C76H90Cl3F7N8O8. The third-order valence-electron chi connectivity index (χ3n) is 20.6. The van der Waals surface area contributed by atoms with Crippen LogP contribution in [0.4, 0.5) is 46.9 Å². The number of carbonyl (C=O) groups excluding carboxylic acids is 5. The van der Waals surface area contributed by atoms with E-state index < -0.39 is 64.6 Å². The van der Waals surface area contributed by atoms with E-state index in [0.717, 1.165) is 104 Å². The number of para-hydroxylation sites is 1. The third kappa shape index (κ3) is 19.5. The van der Waals surface area contributed by atoms with Crippen molar-refractivity contribution in [3.63, 3.8) is 0 Å². The van der Waals surface area contributed by atoms with Gasteiger partial charge in [-0.3, -0.25) is 24.5 Å². The van der Waals surface area contributed by atoms with Gasteiger partial charge in [-0.15, -0.1) is 37.2 Å². The number of hydrogen-bond acceptors (Lipinski definition) is 11. The molecule has 3 fully saturated rings. The lowest BCUT2D eigenvalue weighted by Crippen LogP contribution is -2.50. The number of amides is 5. The number of nitrogens with one attached hydrogen (secondary N) is 1. The molecule has 3 saturated heterocycles. The first-order valence-corrected chi connectivity index (χ1v) is 34.3. The van der Waals surface area contributed by atoms with Crippen molar-refractivity contribution in [2.24, 2.45) is 0 Å². The fourth-order valence-electron chi connectivity index (χ4n) is 14.8. The summed E-state index contributed by atoms with van der Waals surface area (Å²) in [4.78, 5) is 80.4. The van der Waals surface area contributed by atoms with Gasteiger partial charge in [-0.2, -0.15) is 26.3 Å². The molecule has 0 unspecified atom stereocenters. The number of anilines is 2. The van der Waals surface area contributed by atoms with Crippen molar-refractivity contribution < 1.29 is 68.9 Å². The predicted molar refractivity (Wildman–Crippen MR) is 384 cm³/mol. The number of alkyl halides is 6. The van der Waals surface area contributed by atoms with Crippen LogP contribution >= 0.6 is 37.2 Å². The Morgan fingerprint density at radius 1 is 0.627 bits per heavy atom. The number of fused-ring (bicyclic) bond motifs is 3. The zero-order valence-electron chi connectivity index (χ0n) is 57.6. The lowest BCUT2D eigenvalue weighted by molar-refractivity contribution is -0.143. The molecule has 16 nitrogen and oxygen atoms in total. The Kier molecular flexibility index (Phi) is 27.8. The topological polar surface area (TPSA) is 148 Å². The van der Waals surface area contributed by atoms with Gasteiger partial charge in [0.1, 0.15) is 30.9 Å². The summed E-state index contributed by atoms with van der Waals surface area (Å²) in [6, 6.07) is 37.9. The first-order chi connectivity index (χ1) is 47.4. The van der Waals surface area contributed by atoms with E-state index in [2.05, 4.69) is 32.1 Å². The van der Waals surface area contributed by atoms with E-state index in [1.54, 1.807) is 23.9 Å². The molecule has 0 bridgehead atoms. The zero-order valence-corrected chi connectivity index (χ0v) is 60.0. The maximum absolute atomic E-state index is 14.3. The summed E-state index contributed by atoms with van der Waals surface area (Å²) in [6.45, 7) is 6.40. The third-order valence-corrected chi connectivity index (χ3v) is 20.6. The molecule has 0 saturated carbocycles. The lowest BCUT2D eigenvalue weighted by Gasteiger charge is -2.44. The second-order valence-electron chi connectivity index (χ2n) is 27.1. The molecule has 4 aliphatic heterocycles. The molecule has 1 aliphatic carbocycles. The zero-order chi connectivity index (χ0) is 70.1. The molecule has 11 rings (SSSR count). The monoisotopic (exact) mass is 1480 g/mol. The Bertz CT molecular complexity index is 3790. The minimum atomic E-state index is -5.15. The Labute approximate surface area is 610 Å². The van der Waals surface area contributed by atoms with Gasteiger partial charge in [-0.25, -0.2) is 9.18 Å². The van der Waals surface area contributed by atoms with E-state index in [-0.39, 0.29) is 92.8 Å². The van der Waals surface area contributed by atoms with Crippen LogP contribution in [0.25, 0.3) is 11.1 Å². The van der Waals surface area contributed by atoms with Crippen molar-refractivity contribution in [1.82, 2.24) is 29.4 Å². The summed E-state index contributed by atoms with van der Waals surface area (Å²) in [5.74, 6) is -1.75. The quantitative estimate of drug-likeness (QED) is 0.0431. The predicted octanol–water partition coefficient (Wildman–Crippen LogP) is 14.2. The number of rotatable bonds is 25. The second kappa shape index (κ2) is 35.3. The molecule has 2 atom stereocenters. The molecule has 6 aromatic rings. The van der Waals surface area contributed by atoms with Gasteiger partial charge in [0.2, 0.25) is 11.8 Å². The molecule has 552 valence electrons. The van der Waals surface area contributed by atoms with Crippen LogP contribution in [-0.4, -0.2) is 184 Å². The molecule has 0 radical (unpaired) electrons. The summed E-state index contributed by atoms with van der Waals surface area (Å²) in [5.41, 5.74) is 2.66. The van der Waals surface area contributed by atoms with Gasteiger partial charge < -0.3 is 48.5 Å². The van der Waals surface area contributed by atoms with Crippen molar-refractivity contribution in [3.05, 3.63) is 190 Å². The van der Waals surface area contributed by atoms with Gasteiger partial charge in [0, 0.05) is 114 Å². The first kappa shape index (κ1) is 80.2. The van der Waals surface area contributed by atoms with Gasteiger partial charge in [-0.05, 0) is 160 Å². The van der Waals surface area contributed by atoms with E-state index in [0.29, 0.717) is 100 Å². The van der Waals surface area contributed by atoms with Crippen molar-refractivity contribution in [2.75, 3.05) is 123 Å². The number of hydrogen-bond donors (Lipinski definition) is 1. The average Bonchev–Trinajstić information content (AvgIpc) is 1.58. The fraction of sp³-hybridized carbons (Fsp3) is 0.461. The molecule has 0 aromatic heterocycles. The average molecular weight is 1480 g/mol. The molecule has 5 aliphatic rings. The molecule has 1 spiro atoms. The summed E-state index contributed by atoms with van der Waals surface area (Å²) < 4.78 is 116. The van der Waals surface area contributed by atoms with Gasteiger partial charge in [0.05, 0.1) is 29.5 Å². The van der Waals surface area contributed by atoms with Crippen LogP contribution in [0, 0.1) is 5.82 Å². The summed E-state index contributed by atoms with van der Waals surface area (Å²) in [5, 5.41) is 2.94.